The molecule has 0 spiro atoms. The van der Waals surface area contributed by atoms with E-state index in [1.807, 2.05) is 12.1 Å². The van der Waals surface area contributed by atoms with E-state index in [9.17, 15) is 0 Å². The summed E-state index contributed by atoms with van der Waals surface area (Å²) in [6, 6.07) is 12.7. The van der Waals surface area contributed by atoms with Gasteiger partial charge in [-0.3, -0.25) is 5.06 Å². The Morgan fingerprint density at radius 2 is 1.38 bits per heavy atom. The van der Waals surface area contributed by atoms with Crippen LogP contribution in [0.4, 0.5) is 5.69 Å². The number of rotatable bonds is 4. The summed E-state index contributed by atoms with van der Waals surface area (Å²) >= 11 is 0. The van der Waals surface area contributed by atoms with E-state index in [-0.39, 0.29) is 10.6 Å². The van der Waals surface area contributed by atoms with Gasteiger partial charge in [-0.05, 0) is 75.3 Å². The number of nitrogens with zero attached hydrogens (tertiary/aromatic N) is 2. The third-order valence-electron chi connectivity index (χ3n) is 4.72. The van der Waals surface area contributed by atoms with Gasteiger partial charge in [0, 0.05) is 18.1 Å². The van der Waals surface area contributed by atoms with Crippen LogP contribution in [0.25, 0.3) is 5.69 Å². The molecule has 3 nitrogen and oxygen atoms in total. The van der Waals surface area contributed by atoms with Crippen molar-refractivity contribution in [3.63, 3.8) is 0 Å². The number of aromatic nitrogens is 1. The van der Waals surface area contributed by atoms with Gasteiger partial charge >= 0.3 is 0 Å². The molecule has 1 heterocycles. The molecule has 1 aromatic carbocycles. The summed E-state index contributed by atoms with van der Waals surface area (Å²) in [4.78, 5) is 0. The Hall–Kier alpha value is -1.52. The van der Waals surface area contributed by atoms with Crippen LogP contribution >= 0.6 is 0 Å². The monoisotopic (exact) mass is 344 g/mol. The van der Waals surface area contributed by atoms with E-state index >= 15 is 0 Å². The minimum atomic E-state index is -1.91. The van der Waals surface area contributed by atoms with Crippen molar-refractivity contribution >= 4 is 14.0 Å². The third-order valence-corrected chi connectivity index (χ3v) is 8.97. The molecule has 0 amide bonds. The minimum absolute atomic E-state index is 0.107. The highest BCUT2D eigenvalue weighted by molar-refractivity contribution is 6.74. The zero-order valence-electron chi connectivity index (χ0n) is 16.4. The Morgan fingerprint density at radius 1 is 0.875 bits per heavy atom. The lowest BCUT2D eigenvalue weighted by molar-refractivity contribution is 0.185. The Kier molecular flexibility index (Phi) is 5.03. The number of hydrogen-bond acceptors (Lipinski definition) is 2. The van der Waals surface area contributed by atoms with E-state index in [1.54, 1.807) is 0 Å². The van der Waals surface area contributed by atoms with Crippen molar-refractivity contribution in [2.45, 2.75) is 65.2 Å². The fraction of sp³-hybridized carbons (Fsp3) is 0.500. The quantitative estimate of drug-likeness (QED) is 0.498. The van der Waals surface area contributed by atoms with Gasteiger partial charge in [0.25, 0.3) is 0 Å². The number of anilines is 1. The Labute approximate surface area is 148 Å². The second kappa shape index (κ2) is 6.41. The van der Waals surface area contributed by atoms with Gasteiger partial charge in [-0.25, -0.2) is 0 Å². The topological polar surface area (TPSA) is 17.4 Å². The molecule has 0 bridgehead atoms. The molecule has 0 aliphatic carbocycles. The Balaban J connectivity index is 2.32. The standard InChI is InChI=1S/C20H32N2OSi/c1-19(2,3)22(23-24(7,8)20(4,5)6)18-13-11-17(12-14-18)21-15-9-10-16-21/h9-16H,1-8H3. The predicted molar refractivity (Wildman–Crippen MR) is 106 cm³/mol. The molecule has 0 N–H and O–H groups in total. The second-order valence-electron chi connectivity index (χ2n) is 8.92. The van der Waals surface area contributed by atoms with Crippen molar-refractivity contribution in [3.05, 3.63) is 48.8 Å². The van der Waals surface area contributed by atoms with E-state index in [4.69, 9.17) is 4.53 Å². The molecular weight excluding hydrogens is 312 g/mol. The highest BCUT2D eigenvalue weighted by atomic mass is 28.4. The summed E-state index contributed by atoms with van der Waals surface area (Å²) in [5.41, 5.74) is 2.15. The van der Waals surface area contributed by atoms with Gasteiger partial charge in [-0.2, -0.15) is 0 Å². The average Bonchev–Trinajstić information content (AvgIpc) is 2.97. The Morgan fingerprint density at radius 3 is 1.79 bits per heavy atom. The lowest BCUT2D eigenvalue weighted by Gasteiger charge is -2.45. The second-order valence-corrected chi connectivity index (χ2v) is 13.6. The molecule has 0 saturated carbocycles. The maximum absolute atomic E-state index is 6.65. The molecule has 4 heteroatoms. The van der Waals surface area contributed by atoms with Crippen LogP contribution in [0.5, 0.6) is 0 Å². The van der Waals surface area contributed by atoms with Crippen molar-refractivity contribution in [1.29, 1.82) is 0 Å². The van der Waals surface area contributed by atoms with Crippen LogP contribution in [-0.4, -0.2) is 18.4 Å². The van der Waals surface area contributed by atoms with Crippen LogP contribution < -0.4 is 5.06 Å². The van der Waals surface area contributed by atoms with Gasteiger partial charge in [0.15, 0.2) is 0 Å². The fourth-order valence-electron chi connectivity index (χ4n) is 2.21. The molecule has 2 rings (SSSR count). The highest BCUT2D eigenvalue weighted by Crippen LogP contribution is 2.39. The van der Waals surface area contributed by atoms with Crippen LogP contribution in [0.2, 0.25) is 18.1 Å². The van der Waals surface area contributed by atoms with E-state index in [0.717, 1.165) is 11.4 Å². The van der Waals surface area contributed by atoms with Crippen molar-refractivity contribution in [1.82, 2.24) is 4.57 Å². The summed E-state index contributed by atoms with van der Waals surface area (Å²) in [6.07, 6.45) is 4.12. The summed E-state index contributed by atoms with van der Waals surface area (Å²) in [5, 5.41) is 2.27. The molecule has 0 aliphatic heterocycles. The van der Waals surface area contributed by atoms with Crippen LogP contribution in [0.1, 0.15) is 41.5 Å². The summed E-state index contributed by atoms with van der Waals surface area (Å²) < 4.78 is 8.76. The molecule has 132 valence electrons. The first-order chi connectivity index (χ1) is 10.9. The van der Waals surface area contributed by atoms with Gasteiger partial charge in [-0.1, -0.05) is 20.8 Å². The molecule has 2 aromatic rings. The van der Waals surface area contributed by atoms with Crippen molar-refractivity contribution < 1.29 is 4.53 Å². The first-order valence-corrected chi connectivity index (χ1v) is 11.6. The number of hydrogen-bond donors (Lipinski definition) is 0. The lowest BCUT2D eigenvalue weighted by Crippen LogP contribution is -2.52. The maximum atomic E-state index is 6.65. The normalized spacial score (nSPS) is 13.2. The zero-order chi connectivity index (χ0) is 18.2. The summed E-state index contributed by atoms with van der Waals surface area (Å²) in [5.74, 6) is 0. The molecule has 0 unspecified atom stereocenters. The Bertz CT molecular complexity index is 646. The van der Waals surface area contributed by atoms with Gasteiger partial charge in [0.1, 0.15) is 0 Å². The molecule has 0 fully saturated rings. The van der Waals surface area contributed by atoms with Gasteiger partial charge < -0.3 is 9.09 Å². The molecule has 1 aromatic heterocycles. The molecule has 24 heavy (non-hydrogen) atoms. The SMILES string of the molecule is CC(C)(C)N(O[Si](C)(C)C(C)(C)C)c1ccc(-n2cccc2)cc1. The van der Waals surface area contributed by atoms with Crippen LogP contribution in [-0.2, 0) is 4.53 Å². The van der Waals surface area contributed by atoms with Gasteiger partial charge in [0.05, 0.1) is 11.2 Å². The summed E-state index contributed by atoms with van der Waals surface area (Å²) in [7, 11) is -1.91. The van der Waals surface area contributed by atoms with Crippen LogP contribution in [0.15, 0.2) is 48.8 Å². The predicted octanol–water partition coefficient (Wildman–Crippen LogP) is 6.02. The average molecular weight is 345 g/mol. The molecule has 0 aliphatic rings. The fourth-order valence-corrected chi connectivity index (χ4v) is 3.32. The minimum Gasteiger partial charge on any atom is -0.324 e. The first-order valence-electron chi connectivity index (χ1n) is 8.65. The van der Waals surface area contributed by atoms with E-state index in [0.29, 0.717) is 0 Å². The van der Waals surface area contributed by atoms with Crippen molar-refractivity contribution in [3.8, 4) is 5.69 Å². The number of hydroxylamine groups is 1. The molecule has 0 radical (unpaired) electrons. The van der Waals surface area contributed by atoms with E-state index in [2.05, 4.69) is 101 Å². The molecule has 0 saturated heterocycles. The maximum Gasteiger partial charge on any atom is 0.228 e. The molecular formula is C20H32N2OSi. The third kappa shape index (κ3) is 4.11. The highest BCUT2D eigenvalue weighted by Gasteiger charge is 2.41. The van der Waals surface area contributed by atoms with Crippen molar-refractivity contribution in [2.75, 3.05) is 5.06 Å². The first kappa shape index (κ1) is 18.8. The van der Waals surface area contributed by atoms with Gasteiger partial charge in [-0.15, -0.1) is 0 Å². The summed E-state index contributed by atoms with van der Waals surface area (Å²) in [6.45, 7) is 18.0. The van der Waals surface area contributed by atoms with E-state index < -0.39 is 8.32 Å². The lowest BCUT2D eigenvalue weighted by atomic mass is 10.1. The largest absolute Gasteiger partial charge is 0.324 e. The van der Waals surface area contributed by atoms with Crippen molar-refractivity contribution in [2.24, 2.45) is 0 Å². The number of benzene rings is 1. The zero-order valence-corrected chi connectivity index (χ0v) is 17.4. The van der Waals surface area contributed by atoms with E-state index in [1.165, 1.54) is 0 Å². The molecule has 0 atom stereocenters. The smallest absolute Gasteiger partial charge is 0.228 e. The van der Waals surface area contributed by atoms with Crippen LogP contribution in [0, 0.1) is 0 Å². The van der Waals surface area contributed by atoms with Gasteiger partial charge in [0.2, 0.25) is 8.32 Å². The van der Waals surface area contributed by atoms with Crippen LogP contribution in [0.3, 0.4) is 0 Å².